The van der Waals surface area contributed by atoms with Gasteiger partial charge in [-0.2, -0.15) is 5.10 Å². The van der Waals surface area contributed by atoms with Crippen molar-refractivity contribution in [2.45, 2.75) is 6.92 Å². The largest absolute Gasteiger partial charge is 0.454 e. The summed E-state index contributed by atoms with van der Waals surface area (Å²) in [5, 5.41) is 8.65. The van der Waals surface area contributed by atoms with Gasteiger partial charge in [0.25, 0.3) is 0 Å². The Morgan fingerprint density at radius 3 is 2.11 bits per heavy atom. The predicted octanol–water partition coefficient (Wildman–Crippen LogP) is 4.51. The zero-order valence-corrected chi connectivity index (χ0v) is 15.3. The lowest BCUT2D eigenvalue weighted by molar-refractivity contribution is 0.106. The highest BCUT2D eigenvalue weighted by Gasteiger charge is 2.17. The minimum absolute atomic E-state index is 0.172. The smallest absolute Gasteiger partial charge is 0.231 e. The van der Waals surface area contributed by atoms with Gasteiger partial charge in [-0.3, -0.25) is 4.79 Å². The van der Waals surface area contributed by atoms with E-state index in [2.05, 4.69) is 10.2 Å². The van der Waals surface area contributed by atoms with Gasteiger partial charge in [-0.05, 0) is 25.1 Å². The Morgan fingerprint density at radius 2 is 1.39 bits per heavy atom. The maximum absolute atomic E-state index is 13.0. The number of benzene rings is 3. The fraction of sp³-hybridized carbons (Fsp3) is 0.0870. The Balaban J connectivity index is 1.71. The quantitative estimate of drug-likeness (QED) is 0.377. The lowest BCUT2D eigenvalue weighted by Crippen LogP contribution is -2.15. The van der Waals surface area contributed by atoms with E-state index in [0.29, 0.717) is 28.5 Å². The van der Waals surface area contributed by atoms with Crippen LogP contribution in [0.25, 0.3) is 0 Å². The molecular formula is C23H18N2O3. The fourth-order valence-electron chi connectivity index (χ4n) is 2.86. The van der Waals surface area contributed by atoms with E-state index in [9.17, 15) is 4.79 Å². The summed E-state index contributed by atoms with van der Waals surface area (Å²) in [6, 6.07) is 24.0. The Labute approximate surface area is 163 Å². The molecule has 5 heteroatoms. The molecule has 0 saturated carbocycles. The first-order chi connectivity index (χ1) is 13.7. The van der Waals surface area contributed by atoms with Gasteiger partial charge in [-0.25, -0.2) is 0 Å². The number of hydrogen-bond acceptors (Lipinski definition) is 5. The number of ether oxygens (including phenoxy) is 2. The number of nitrogens with zero attached hydrogens (tertiary/aromatic N) is 2. The third-order valence-corrected chi connectivity index (χ3v) is 4.39. The molecule has 5 nitrogen and oxygen atoms in total. The van der Waals surface area contributed by atoms with Gasteiger partial charge in [0.2, 0.25) is 12.6 Å². The minimum atomic E-state index is -0.172. The second kappa shape index (κ2) is 7.88. The summed E-state index contributed by atoms with van der Waals surface area (Å²) in [6.45, 7) is 2.06. The molecule has 0 aromatic heterocycles. The van der Waals surface area contributed by atoms with Crippen LogP contribution in [0.4, 0.5) is 0 Å². The Morgan fingerprint density at radius 1 is 0.750 bits per heavy atom. The van der Waals surface area contributed by atoms with E-state index in [0.717, 1.165) is 11.1 Å². The highest BCUT2D eigenvalue weighted by Crippen LogP contribution is 2.32. The molecule has 3 aromatic rings. The molecule has 0 bridgehead atoms. The molecule has 0 atom stereocenters. The van der Waals surface area contributed by atoms with Crippen molar-refractivity contribution in [3.8, 4) is 11.5 Å². The molecule has 1 aliphatic rings. The van der Waals surface area contributed by atoms with Crippen LogP contribution in [0.2, 0.25) is 0 Å². The molecule has 0 fully saturated rings. The summed E-state index contributed by atoms with van der Waals surface area (Å²) in [4.78, 5) is 13.0. The van der Waals surface area contributed by atoms with Crippen LogP contribution in [0.3, 0.4) is 0 Å². The first-order valence-corrected chi connectivity index (χ1v) is 8.90. The normalized spacial score (nSPS) is 13.5. The van der Waals surface area contributed by atoms with Crippen LogP contribution in [0.5, 0.6) is 11.5 Å². The van der Waals surface area contributed by atoms with Crippen LogP contribution in [-0.2, 0) is 0 Å². The van der Waals surface area contributed by atoms with Gasteiger partial charge in [0.1, 0.15) is 5.71 Å². The summed E-state index contributed by atoms with van der Waals surface area (Å²) < 4.78 is 10.7. The van der Waals surface area contributed by atoms with Crippen molar-refractivity contribution < 1.29 is 14.3 Å². The number of hydrogen-bond donors (Lipinski definition) is 0. The van der Waals surface area contributed by atoms with Crippen LogP contribution in [0.15, 0.2) is 89.1 Å². The molecule has 0 spiro atoms. The van der Waals surface area contributed by atoms with E-state index in [1.54, 1.807) is 12.1 Å². The summed E-state index contributed by atoms with van der Waals surface area (Å²) in [5.41, 5.74) is 3.12. The van der Waals surface area contributed by atoms with Crippen molar-refractivity contribution in [2.24, 2.45) is 10.2 Å². The molecule has 0 aliphatic carbocycles. The van der Waals surface area contributed by atoms with Crippen molar-refractivity contribution in [3.05, 3.63) is 95.6 Å². The van der Waals surface area contributed by atoms with Gasteiger partial charge in [-0.1, -0.05) is 60.7 Å². The van der Waals surface area contributed by atoms with Crippen molar-refractivity contribution in [2.75, 3.05) is 6.79 Å². The first-order valence-electron chi connectivity index (χ1n) is 8.90. The summed E-state index contributed by atoms with van der Waals surface area (Å²) in [5.74, 6) is 1.22. The molecule has 138 valence electrons. The van der Waals surface area contributed by atoms with Gasteiger partial charge in [0, 0.05) is 16.7 Å². The predicted molar refractivity (Wildman–Crippen MR) is 109 cm³/mol. The van der Waals surface area contributed by atoms with Crippen molar-refractivity contribution in [1.29, 1.82) is 0 Å². The van der Waals surface area contributed by atoms with E-state index < -0.39 is 0 Å². The lowest BCUT2D eigenvalue weighted by atomic mass is 10.0. The topological polar surface area (TPSA) is 60.2 Å². The van der Waals surface area contributed by atoms with Crippen LogP contribution >= 0.6 is 0 Å². The number of carbonyl (C=O) groups excluding carboxylic acids is 1. The molecule has 0 saturated heterocycles. The molecule has 28 heavy (non-hydrogen) atoms. The molecule has 0 unspecified atom stereocenters. The molecular weight excluding hydrogens is 352 g/mol. The summed E-state index contributed by atoms with van der Waals surface area (Å²) in [7, 11) is 0. The van der Waals surface area contributed by atoms with Crippen molar-refractivity contribution in [1.82, 2.24) is 0 Å². The van der Waals surface area contributed by atoms with E-state index in [4.69, 9.17) is 9.47 Å². The van der Waals surface area contributed by atoms with Crippen molar-refractivity contribution >= 4 is 17.2 Å². The zero-order valence-electron chi connectivity index (χ0n) is 15.3. The number of Topliss-reactive ketones (excluding diaryl/α,β-unsaturated/α-hetero) is 1. The van der Waals surface area contributed by atoms with Crippen LogP contribution < -0.4 is 9.47 Å². The second-order valence-electron chi connectivity index (χ2n) is 6.26. The van der Waals surface area contributed by atoms with Crippen LogP contribution in [-0.4, -0.2) is 24.0 Å². The standard InChI is InChI=1S/C23H18N2O3/c1-16(19-12-13-20-21(14-19)28-15-27-20)24-25-22(17-8-4-2-5-9-17)23(26)18-10-6-3-7-11-18/h2-14H,15H2,1H3/b24-16+,25-22+. The van der Waals surface area contributed by atoms with Gasteiger partial charge >= 0.3 is 0 Å². The van der Waals surface area contributed by atoms with Crippen LogP contribution in [0.1, 0.15) is 28.4 Å². The van der Waals surface area contributed by atoms with Gasteiger partial charge in [0.15, 0.2) is 11.5 Å². The number of carbonyl (C=O) groups is 1. The van der Waals surface area contributed by atoms with Crippen LogP contribution in [0, 0.1) is 0 Å². The minimum Gasteiger partial charge on any atom is -0.454 e. The average molecular weight is 370 g/mol. The highest BCUT2D eigenvalue weighted by atomic mass is 16.7. The Hall–Kier alpha value is -3.73. The highest BCUT2D eigenvalue weighted by molar-refractivity contribution is 6.51. The van der Waals surface area contributed by atoms with Gasteiger partial charge < -0.3 is 9.47 Å². The first kappa shape index (κ1) is 17.7. The molecule has 0 radical (unpaired) electrons. The van der Waals surface area contributed by atoms with Gasteiger partial charge in [0.05, 0.1) is 5.71 Å². The molecule has 4 rings (SSSR count). The molecule has 0 amide bonds. The number of rotatable bonds is 5. The monoisotopic (exact) mass is 370 g/mol. The molecule has 1 heterocycles. The van der Waals surface area contributed by atoms with E-state index >= 15 is 0 Å². The van der Waals surface area contributed by atoms with Gasteiger partial charge in [-0.15, -0.1) is 5.10 Å². The maximum atomic E-state index is 13.0. The third kappa shape index (κ3) is 3.69. The molecule has 1 aliphatic heterocycles. The lowest BCUT2D eigenvalue weighted by Gasteiger charge is -2.05. The fourth-order valence-corrected chi connectivity index (χ4v) is 2.86. The SMILES string of the molecule is C/C(=N\N=C(\C(=O)c1ccccc1)c1ccccc1)c1ccc2c(c1)OCO2. The maximum Gasteiger partial charge on any atom is 0.231 e. The van der Waals surface area contributed by atoms with Crippen molar-refractivity contribution in [3.63, 3.8) is 0 Å². The molecule has 0 N–H and O–H groups in total. The second-order valence-corrected chi connectivity index (χ2v) is 6.26. The number of ketones is 1. The average Bonchev–Trinajstić information content (AvgIpc) is 3.23. The Bertz CT molecular complexity index is 1060. The summed E-state index contributed by atoms with van der Waals surface area (Å²) in [6.07, 6.45) is 0. The zero-order chi connectivity index (χ0) is 19.3. The Kier molecular flexibility index (Phi) is 4.97. The molecule has 3 aromatic carbocycles. The van der Waals surface area contributed by atoms with E-state index in [-0.39, 0.29) is 12.6 Å². The third-order valence-electron chi connectivity index (χ3n) is 4.39. The number of fused-ring (bicyclic) bond motifs is 1. The van der Waals surface area contributed by atoms with E-state index in [1.807, 2.05) is 73.7 Å². The summed E-state index contributed by atoms with van der Waals surface area (Å²) >= 11 is 0. The van der Waals surface area contributed by atoms with E-state index in [1.165, 1.54) is 0 Å².